The largest absolute Gasteiger partial charge is 0.480 e. The van der Waals surface area contributed by atoms with Gasteiger partial charge in [-0.2, -0.15) is 0 Å². The van der Waals surface area contributed by atoms with Gasteiger partial charge in [0.05, 0.1) is 11.2 Å². The minimum atomic E-state index is -0.954. The summed E-state index contributed by atoms with van der Waals surface area (Å²) in [4.78, 5) is 10.8. The first-order chi connectivity index (χ1) is 6.16. The van der Waals surface area contributed by atoms with Crippen molar-refractivity contribution in [2.75, 3.05) is 0 Å². The molecule has 4 nitrogen and oxygen atoms in total. The van der Waals surface area contributed by atoms with E-state index < -0.39 is 17.6 Å². The van der Waals surface area contributed by atoms with Crippen molar-refractivity contribution >= 4 is 5.97 Å². The van der Waals surface area contributed by atoms with Crippen molar-refractivity contribution in [1.29, 1.82) is 0 Å². The van der Waals surface area contributed by atoms with Crippen LogP contribution in [0.3, 0.4) is 0 Å². The molecule has 3 N–H and O–H groups in total. The van der Waals surface area contributed by atoms with Crippen molar-refractivity contribution in [1.82, 2.24) is 0 Å². The van der Waals surface area contributed by atoms with Crippen LogP contribution in [-0.2, 0) is 9.53 Å². The van der Waals surface area contributed by atoms with E-state index in [1.807, 2.05) is 27.7 Å². The van der Waals surface area contributed by atoms with Crippen LogP contribution < -0.4 is 5.73 Å². The monoisotopic (exact) mass is 201 g/mol. The van der Waals surface area contributed by atoms with Crippen LogP contribution in [0, 0.1) is 5.92 Å². The van der Waals surface area contributed by atoms with E-state index in [0.717, 1.165) is 0 Å². The van der Waals surface area contributed by atoms with E-state index in [4.69, 9.17) is 15.6 Å². The maximum absolute atomic E-state index is 10.8. The van der Waals surface area contributed by atoms with E-state index in [9.17, 15) is 4.79 Å². The first kappa shape index (κ1) is 11.5. The molecular weight excluding hydrogens is 182 g/mol. The van der Waals surface area contributed by atoms with Crippen LogP contribution in [-0.4, -0.2) is 28.3 Å². The number of rotatable bonds is 2. The van der Waals surface area contributed by atoms with Gasteiger partial charge in [0.15, 0.2) is 0 Å². The van der Waals surface area contributed by atoms with E-state index in [-0.39, 0.29) is 11.5 Å². The summed E-state index contributed by atoms with van der Waals surface area (Å²) in [6.45, 7) is 7.72. The van der Waals surface area contributed by atoms with Gasteiger partial charge in [0, 0.05) is 5.92 Å². The lowest BCUT2D eigenvalue weighted by Crippen LogP contribution is -2.45. The predicted octanol–water partition coefficient (Wildman–Crippen LogP) is 0.992. The molecule has 0 spiro atoms. The number of aliphatic carboxylic acids is 1. The second kappa shape index (κ2) is 3.21. The van der Waals surface area contributed by atoms with Crippen LogP contribution >= 0.6 is 0 Å². The van der Waals surface area contributed by atoms with Crippen molar-refractivity contribution in [3.05, 3.63) is 0 Å². The van der Waals surface area contributed by atoms with Crippen LogP contribution in [0.5, 0.6) is 0 Å². The molecule has 1 heterocycles. The van der Waals surface area contributed by atoms with E-state index in [1.54, 1.807) is 0 Å². The van der Waals surface area contributed by atoms with Crippen LogP contribution in [0.15, 0.2) is 0 Å². The van der Waals surface area contributed by atoms with Crippen molar-refractivity contribution in [3.63, 3.8) is 0 Å². The molecule has 0 saturated carbocycles. The summed E-state index contributed by atoms with van der Waals surface area (Å²) in [6, 6.07) is -0.841. The number of carboxylic acids is 1. The zero-order valence-corrected chi connectivity index (χ0v) is 9.20. The minimum absolute atomic E-state index is 0.130. The highest BCUT2D eigenvalue weighted by Gasteiger charge is 2.49. The lowest BCUT2D eigenvalue weighted by atomic mass is 9.82. The van der Waals surface area contributed by atoms with E-state index in [2.05, 4.69) is 0 Å². The number of carbonyl (C=O) groups is 1. The summed E-state index contributed by atoms with van der Waals surface area (Å²) in [7, 11) is 0. The second-order valence-electron chi connectivity index (χ2n) is 5.14. The van der Waals surface area contributed by atoms with Gasteiger partial charge >= 0.3 is 5.97 Å². The third-order valence-electron chi connectivity index (χ3n) is 2.86. The number of hydrogen-bond acceptors (Lipinski definition) is 3. The van der Waals surface area contributed by atoms with Crippen molar-refractivity contribution in [2.45, 2.75) is 51.4 Å². The highest BCUT2D eigenvalue weighted by molar-refractivity contribution is 5.73. The molecule has 0 amide bonds. The molecule has 0 aromatic rings. The highest BCUT2D eigenvalue weighted by Crippen LogP contribution is 2.43. The standard InChI is InChI=1S/C10H19NO3/c1-9(2)5-6(7(11)8(12)13)10(3,4)14-9/h6-7H,5,11H2,1-4H3,(H,12,13). The molecule has 0 aromatic carbocycles. The number of nitrogens with two attached hydrogens (primary N) is 1. The Hall–Kier alpha value is -0.610. The third kappa shape index (κ3) is 2.07. The highest BCUT2D eigenvalue weighted by atomic mass is 16.5. The van der Waals surface area contributed by atoms with Gasteiger partial charge in [0.1, 0.15) is 6.04 Å². The lowest BCUT2D eigenvalue weighted by molar-refractivity contribution is -0.142. The molecule has 0 aromatic heterocycles. The quantitative estimate of drug-likeness (QED) is 0.699. The number of carboxylic acid groups (broad SMARTS) is 1. The number of ether oxygens (including phenoxy) is 1. The molecule has 1 aliphatic rings. The molecular formula is C10H19NO3. The zero-order valence-electron chi connectivity index (χ0n) is 9.20. The maximum Gasteiger partial charge on any atom is 0.320 e. The average Bonchev–Trinajstić information content (AvgIpc) is 2.17. The molecule has 1 rings (SSSR count). The molecule has 0 aliphatic carbocycles. The molecule has 1 fully saturated rings. The Bertz CT molecular complexity index is 248. The van der Waals surface area contributed by atoms with Crippen molar-refractivity contribution in [2.24, 2.45) is 11.7 Å². The fraction of sp³-hybridized carbons (Fsp3) is 0.900. The Kier molecular flexibility index (Phi) is 2.63. The number of hydrogen-bond donors (Lipinski definition) is 2. The Morgan fingerprint density at radius 2 is 2.00 bits per heavy atom. The van der Waals surface area contributed by atoms with Gasteiger partial charge in [-0.25, -0.2) is 0 Å². The van der Waals surface area contributed by atoms with Gasteiger partial charge in [0.25, 0.3) is 0 Å². The smallest absolute Gasteiger partial charge is 0.320 e. The summed E-state index contributed by atoms with van der Waals surface area (Å²) >= 11 is 0. The maximum atomic E-state index is 10.8. The summed E-state index contributed by atoms with van der Waals surface area (Å²) in [6.07, 6.45) is 0.688. The van der Waals surface area contributed by atoms with Crippen molar-refractivity contribution < 1.29 is 14.6 Å². The van der Waals surface area contributed by atoms with Crippen LogP contribution in [0.1, 0.15) is 34.1 Å². The van der Waals surface area contributed by atoms with Gasteiger partial charge < -0.3 is 15.6 Å². The van der Waals surface area contributed by atoms with Crippen LogP contribution in [0.4, 0.5) is 0 Å². The first-order valence-corrected chi connectivity index (χ1v) is 4.84. The molecule has 0 radical (unpaired) electrons. The van der Waals surface area contributed by atoms with E-state index >= 15 is 0 Å². The topological polar surface area (TPSA) is 72.6 Å². The fourth-order valence-electron chi connectivity index (χ4n) is 2.34. The summed E-state index contributed by atoms with van der Waals surface area (Å²) in [5, 5.41) is 8.86. The summed E-state index contributed by atoms with van der Waals surface area (Å²) in [5.41, 5.74) is 4.91. The molecule has 82 valence electrons. The minimum Gasteiger partial charge on any atom is -0.480 e. The van der Waals surface area contributed by atoms with E-state index in [1.165, 1.54) is 0 Å². The normalized spacial score (nSPS) is 31.4. The Balaban J connectivity index is 2.85. The second-order valence-corrected chi connectivity index (χ2v) is 5.14. The van der Waals surface area contributed by atoms with Gasteiger partial charge in [-0.05, 0) is 34.1 Å². The van der Waals surface area contributed by atoms with Gasteiger partial charge in [0.2, 0.25) is 0 Å². The molecule has 14 heavy (non-hydrogen) atoms. The first-order valence-electron chi connectivity index (χ1n) is 4.84. The van der Waals surface area contributed by atoms with Crippen molar-refractivity contribution in [3.8, 4) is 0 Å². The van der Waals surface area contributed by atoms with Gasteiger partial charge in [-0.1, -0.05) is 0 Å². The zero-order chi connectivity index (χ0) is 11.1. The van der Waals surface area contributed by atoms with Crippen LogP contribution in [0.2, 0.25) is 0 Å². The molecule has 1 aliphatic heterocycles. The molecule has 1 saturated heterocycles. The Morgan fingerprint density at radius 3 is 2.29 bits per heavy atom. The Labute approximate surface area is 84.4 Å². The summed E-state index contributed by atoms with van der Waals surface area (Å²) in [5.74, 6) is -1.08. The lowest BCUT2D eigenvalue weighted by Gasteiger charge is -2.29. The molecule has 4 heteroatoms. The molecule has 2 unspecified atom stereocenters. The van der Waals surface area contributed by atoms with Gasteiger partial charge in [-0.15, -0.1) is 0 Å². The average molecular weight is 201 g/mol. The fourth-order valence-corrected chi connectivity index (χ4v) is 2.34. The van der Waals surface area contributed by atoms with E-state index in [0.29, 0.717) is 6.42 Å². The summed E-state index contributed by atoms with van der Waals surface area (Å²) < 4.78 is 5.78. The predicted molar refractivity (Wildman–Crippen MR) is 53.0 cm³/mol. The SMILES string of the molecule is CC1(C)CC(C(N)C(=O)O)C(C)(C)O1. The van der Waals surface area contributed by atoms with Gasteiger partial charge in [-0.3, -0.25) is 4.79 Å². The Morgan fingerprint density at radius 1 is 1.50 bits per heavy atom. The third-order valence-corrected chi connectivity index (χ3v) is 2.86. The molecule has 0 bridgehead atoms. The van der Waals surface area contributed by atoms with Crippen LogP contribution in [0.25, 0.3) is 0 Å². The molecule has 2 atom stereocenters.